The maximum Gasteiger partial charge on any atom is 0.159 e. The number of aliphatic hydroxyl groups is 1. The highest BCUT2D eigenvalue weighted by Gasteiger charge is 2.68. The maximum absolute atomic E-state index is 12.4. The van der Waals surface area contributed by atoms with Crippen LogP contribution >= 0.6 is 0 Å². The van der Waals surface area contributed by atoms with Crippen LogP contribution in [0.2, 0.25) is 0 Å². The van der Waals surface area contributed by atoms with E-state index >= 15 is 0 Å². The van der Waals surface area contributed by atoms with E-state index in [1.165, 1.54) is 5.57 Å². The third-order valence-corrected chi connectivity index (χ3v) is 7.42. The molecule has 0 aromatic carbocycles. The number of rotatable bonds is 4. The average molecular weight is 291 g/mol. The molecule has 0 amide bonds. The predicted molar refractivity (Wildman–Crippen MR) is 83.9 cm³/mol. The van der Waals surface area contributed by atoms with E-state index in [4.69, 9.17) is 0 Å². The molecule has 21 heavy (non-hydrogen) atoms. The molecule has 0 aromatic heterocycles. The van der Waals surface area contributed by atoms with Crippen LogP contribution in [0.4, 0.5) is 0 Å². The minimum Gasteiger partial charge on any atom is -0.396 e. The van der Waals surface area contributed by atoms with Gasteiger partial charge in [0.05, 0.1) is 0 Å². The molecule has 3 nitrogen and oxygen atoms in total. The second-order valence-electron chi connectivity index (χ2n) is 7.81. The van der Waals surface area contributed by atoms with E-state index in [1.807, 2.05) is 14.0 Å². The van der Waals surface area contributed by atoms with Crippen molar-refractivity contribution in [2.75, 3.05) is 20.2 Å². The highest BCUT2D eigenvalue weighted by Crippen LogP contribution is 2.74. The molecule has 0 aromatic rings. The summed E-state index contributed by atoms with van der Waals surface area (Å²) < 4.78 is 0. The number of Topliss-reactive ketones (excluding diaryl/α,β-unsaturated/α-hetero) is 1. The fraction of sp³-hybridized carbons (Fsp3) is 0.833. The summed E-state index contributed by atoms with van der Waals surface area (Å²) in [7, 11) is 2.01. The highest BCUT2D eigenvalue weighted by atomic mass is 16.3. The lowest BCUT2D eigenvalue weighted by Crippen LogP contribution is -2.52. The Hall–Kier alpha value is -0.670. The SMILES string of the molecule is CNCC[C@@]1(C)[C@H]2CC3=C(C)C(=O)C[C@]31[C@H](C)[C@@H](CO)C2. The van der Waals surface area contributed by atoms with Crippen LogP contribution in [0.3, 0.4) is 0 Å². The lowest BCUT2D eigenvalue weighted by atomic mass is 9.48. The summed E-state index contributed by atoms with van der Waals surface area (Å²) in [5, 5.41) is 13.1. The highest BCUT2D eigenvalue weighted by molar-refractivity contribution is 6.00. The summed E-state index contributed by atoms with van der Waals surface area (Å²) in [6.07, 6.45) is 4.01. The fourth-order valence-corrected chi connectivity index (χ4v) is 6.03. The first-order valence-corrected chi connectivity index (χ1v) is 8.41. The molecule has 0 aliphatic heterocycles. The Labute approximate surface area is 128 Å². The smallest absolute Gasteiger partial charge is 0.159 e. The van der Waals surface area contributed by atoms with Gasteiger partial charge >= 0.3 is 0 Å². The number of hydrogen-bond acceptors (Lipinski definition) is 3. The van der Waals surface area contributed by atoms with Gasteiger partial charge in [-0.25, -0.2) is 0 Å². The van der Waals surface area contributed by atoms with E-state index in [0.717, 1.165) is 31.4 Å². The van der Waals surface area contributed by atoms with Crippen LogP contribution in [0.15, 0.2) is 11.1 Å². The molecule has 0 saturated heterocycles. The fourth-order valence-electron chi connectivity index (χ4n) is 6.03. The number of nitrogens with one attached hydrogen (secondary N) is 1. The van der Waals surface area contributed by atoms with Gasteiger partial charge in [0.2, 0.25) is 0 Å². The zero-order chi connectivity index (χ0) is 15.4. The number of ketones is 1. The van der Waals surface area contributed by atoms with Crippen molar-refractivity contribution in [1.82, 2.24) is 5.32 Å². The van der Waals surface area contributed by atoms with Crippen LogP contribution in [-0.2, 0) is 4.79 Å². The van der Waals surface area contributed by atoms with E-state index in [-0.39, 0.29) is 17.4 Å². The molecule has 1 spiro atoms. The number of aliphatic hydroxyl groups excluding tert-OH is 1. The number of carbonyl (C=O) groups excluding carboxylic acids is 1. The van der Waals surface area contributed by atoms with Crippen LogP contribution in [0.5, 0.6) is 0 Å². The molecule has 2 saturated carbocycles. The van der Waals surface area contributed by atoms with Crippen molar-refractivity contribution >= 4 is 5.78 Å². The zero-order valence-electron chi connectivity index (χ0n) is 13.8. The largest absolute Gasteiger partial charge is 0.396 e. The van der Waals surface area contributed by atoms with Gasteiger partial charge in [0.1, 0.15) is 0 Å². The first-order valence-electron chi connectivity index (χ1n) is 8.41. The normalized spacial score (nSPS) is 45.4. The lowest BCUT2D eigenvalue weighted by molar-refractivity contribution is -0.123. The van der Waals surface area contributed by atoms with Gasteiger partial charge in [-0.1, -0.05) is 19.4 Å². The molecule has 0 heterocycles. The van der Waals surface area contributed by atoms with Crippen molar-refractivity contribution in [2.24, 2.45) is 28.6 Å². The van der Waals surface area contributed by atoms with Crippen molar-refractivity contribution < 1.29 is 9.90 Å². The Morgan fingerprint density at radius 2 is 2.14 bits per heavy atom. The molecule has 2 N–H and O–H groups in total. The Kier molecular flexibility index (Phi) is 3.57. The summed E-state index contributed by atoms with van der Waals surface area (Å²) in [5.41, 5.74) is 2.70. The molecule has 0 unspecified atom stereocenters. The van der Waals surface area contributed by atoms with Crippen molar-refractivity contribution in [1.29, 1.82) is 0 Å². The molecule has 2 bridgehead atoms. The van der Waals surface area contributed by atoms with Gasteiger partial charge < -0.3 is 10.4 Å². The molecule has 3 aliphatic rings. The van der Waals surface area contributed by atoms with Crippen LogP contribution in [-0.4, -0.2) is 31.1 Å². The van der Waals surface area contributed by atoms with E-state index in [2.05, 4.69) is 19.2 Å². The Morgan fingerprint density at radius 1 is 1.43 bits per heavy atom. The minimum absolute atomic E-state index is 0.0152. The summed E-state index contributed by atoms with van der Waals surface area (Å²) in [4.78, 5) is 12.4. The van der Waals surface area contributed by atoms with Gasteiger partial charge in [-0.05, 0) is 68.5 Å². The predicted octanol–water partition coefficient (Wildman–Crippen LogP) is 2.55. The molecule has 3 aliphatic carbocycles. The monoisotopic (exact) mass is 291 g/mol. The molecular weight excluding hydrogens is 262 g/mol. The van der Waals surface area contributed by atoms with Crippen LogP contribution in [0.25, 0.3) is 0 Å². The van der Waals surface area contributed by atoms with Gasteiger partial charge in [0, 0.05) is 18.4 Å². The molecule has 0 radical (unpaired) electrons. The molecular formula is C18H29NO2. The summed E-state index contributed by atoms with van der Waals surface area (Å²) in [6, 6.07) is 0. The third-order valence-electron chi connectivity index (χ3n) is 7.42. The summed E-state index contributed by atoms with van der Waals surface area (Å²) in [5.74, 6) is 1.73. The van der Waals surface area contributed by atoms with Gasteiger partial charge in [-0.2, -0.15) is 0 Å². The van der Waals surface area contributed by atoms with E-state index in [0.29, 0.717) is 30.0 Å². The van der Waals surface area contributed by atoms with Gasteiger partial charge in [0.25, 0.3) is 0 Å². The Morgan fingerprint density at radius 3 is 2.76 bits per heavy atom. The first-order chi connectivity index (χ1) is 9.92. The Bertz CT molecular complexity index is 497. The van der Waals surface area contributed by atoms with E-state index < -0.39 is 0 Å². The van der Waals surface area contributed by atoms with Crippen LogP contribution < -0.4 is 5.32 Å². The van der Waals surface area contributed by atoms with Crippen molar-refractivity contribution in [3.05, 3.63) is 11.1 Å². The molecule has 3 rings (SSSR count). The van der Waals surface area contributed by atoms with Gasteiger partial charge in [-0.3, -0.25) is 4.79 Å². The number of fused-ring (bicyclic) bond motifs is 1. The third kappa shape index (κ3) is 1.71. The molecule has 2 fully saturated rings. The Balaban J connectivity index is 2.11. The quantitative estimate of drug-likeness (QED) is 0.837. The van der Waals surface area contributed by atoms with Crippen molar-refractivity contribution in [3.8, 4) is 0 Å². The summed E-state index contributed by atoms with van der Waals surface area (Å²) in [6.45, 7) is 8.00. The number of carbonyl (C=O) groups is 1. The maximum atomic E-state index is 12.4. The molecule has 118 valence electrons. The second kappa shape index (κ2) is 4.92. The molecule has 5 atom stereocenters. The van der Waals surface area contributed by atoms with E-state index in [9.17, 15) is 9.90 Å². The van der Waals surface area contributed by atoms with E-state index in [1.54, 1.807) is 0 Å². The van der Waals surface area contributed by atoms with Crippen molar-refractivity contribution in [2.45, 2.75) is 46.5 Å². The summed E-state index contributed by atoms with van der Waals surface area (Å²) >= 11 is 0. The van der Waals surface area contributed by atoms with Gasteiger partial charge in [-0.15, -0.1) is 0 Å². The lowest BCUT2D eigenvalue weighted by Gasteiger charge is -2.55. The second-order valence-corrected chi connectivity index (χ2v) is 7.81. The topological polar surface area (TPSA) is 49.3 Å². The van der Waals surface area contributed by atoms with Crippen LogP contribution in [0.1, 0.15) is 46.5 Å². The number of allylic oxidation sites excluding steroid dienone is 2. The van der Waals surface area contributed by atoms with Gasteiger partial charge in [0.15, 0.2) is 5.78 Å². The number of hydrogen-bond donors (Lipinski definition) is 2. The minimum atomic E-state index is 0.0152. The van der Waals surface area contributed by atoms with Crippen LogP contribution in [0, 0.1) is 28.6 Å². The standard InChI is InChI=1S/C18H29NO2/c1-11-15-8-14-7-13(10-20)12(2)18(15,9-16(11)21)17(14,3)5-6-19-4/h12-14,19-20H,5-10H2,1-4H3/t12-,13-,14-,17+,18+/m1/s1. The van der Waals surface area contributed by atoms with Crippen molar-refractivity contribution in [3.63, 3.8) is 0 Å². The molecule has 3 heteroatoms. The first kappa shape index (κ1) is 15.2. The zero-order valence-corrected chi connectivity index (χ0v) is 13.8. The average Bonchev–Trinajstić information content (AvgIpc) is 2.79.